The predicted octanol–water partition coefficient (Wildman–Crippen LogP) is 2.08. The third kappa shape index (κ3) is 2.40. The number of ether oxygens (including phenoxy) is 1. The van der Waals surface area contributed by atoms with Crippen LogP contribution in [0.1, 0.15) is 37.8 Å². The van der Waals surface area contributed by atoms with E-state index in [4.69, 9.17) is 4.74 Å². The third-order valence-electron chi connectivity index (χ3n) is 5.02. The highest BCUT2D eigenvalue weighted by Gasteiger charge is 2.53. The standard InChI is InChI=1S/C17H20N2O3S/c1-17-8-6-15(20)19(17)13(10-23-17)16(21)18-12-7-9-22-14-5-3-2-4-11(12)14/h2-5,12-13H,6-10H2,1H3,(H,18,21). The number of rotatable bonds is 2. The molecule has 23 heavy (non-hydrogen) atoms. The van der Waals surface area contributed by atoms with E-state index in [-0.39, 0.29) is 28.8 Å². The molecule has 0 saturated carbocycles. The van der Waals surface area contributed by atoms with Gasteiger partial charge in [0.25, 0.3) is 0 Å². The molecule has 2 fully saturated rings. The van der Waals surface area contributed by atoms with Gasteiger partial charge in [0, 0.05) is 24.2 Å². The van der Waals surface area contributed by atoms with Crippen LogP contribution >= 0.6 is 11.8 Å². The van der Waals surface area contributed by atoms with Crippen LogP contribution < -0.4 is 10.1 Å². The molecule has 0 bridgehead atoms. The molecule has 3 atom stereocenters. The third-order valence-corrected chi connectivity index (χ3v) is 6.53. The van der Waals surface area contributed by atoms with Crippen LogP contribution in [0.25, 0.3) is 0 Å². The number of amides is 2. The number of fused-ring (bicyclic) bond motifs is 2. The van der Waals surface area contributed by atoms with Gasteiger partial charge >= 0.3 is 0 Å². The summed E-state index contributed by atoms with van der Waals surface area (Å²) in [5, 5.41) is 3.14. The van der Waals surface area contributed by atoms with E-state index in [0.717, 1.165) is 24.2 Å². The zero-order valence-electron chi connectivity index (χ0n) is 13.1. The van der Waals surface area contributed by atoms with Crippen LogP contribution in [0.4, 0.5) is 0 Å². The Morgan fingerprint density at radius 1 is 1.43 bits per heavy atom. The van der Waals surface area contributed by atoms with E-state index in [0.29, 0.717) is 18.8 Å². The lowest BCUT2D eigenvalue weighted by Gasteiger charge is -2.32. The van der Waals surface area contributed by atoms with E-state index in [1.54, 1.807) is 16.7 Å². The van der Waals surface area contributed by atoms with Crippen molar-refractivity contribution in [2.24, 2.45) is 0 Å². The Bertz CT molecular complexity index is 665. The minimum absolute atomic E-state index is 0.0398. The van der Waals surface area contributed by atoms with Crippen molar-refractivity contribution in [2.45, 2.75) is 43.1 Å². The maximum atomic E-state index is 12.8. The van der Waals surface area contributed by atoms with Gasteiger partial charge in [-0.15, -0.1) is 11.8 Å². The number of nitrogens with zero attached hydrogens (tertiary/aromatic N) is 1. The van der Waals surface area contributed by atoms with Crippen LogP contribution in [0.5, 0.6) is 5.75 Å². The molecule has 0 aromatic heterocycles. The summed E-state index contributed by atoms with van der Waals surface area (Å²) in [7, 11) is 0. The first kappa shape index (κ1) is 14.9. The highest BCUT2D eigenvalue weighted by atomic mass is 32.2. The minimum atomic E-state index is -0.352. The Morgan fingerprint density at radius 2 is 2.26 bits per heavy atom. The van der Waals surface area contributed by atoms with Gasteiger partial charge in [-0.1, -0.05) is 18.2 Å². The Balaban J connectivity index is 1.52. The van der Waals surface area contributed by atoms with Gasteiger partial charge in [-0.25, -0.2) is 0 Å². The largest absolute Gasteiger partial charge is 0.493 e. The summed E-state index contributed by atoms with van der Waals surface area (Å²) in [4.78, 5) is 26.6. The highest BCUT2D eigenvalue weighted by molar-refractivity contribution is 8.01. The Morgan fingerprint density at radius 3 is 3.13 bits per heavy atom. The Labute approximate surface area is 139 Å². The SMILES string of the molecule is CC12CCC(=O)N1C(C(=O)NC1CCOc3ccccc31)CS2. The minimum Gasteiger partial charge on any atom is -0.493 e. The summed E-state index contributed by atoms with van der Waals surface area (Å²) in [6, 6.07) is 7.43. The second-order valence-corrected chi connectivity index (χ2v) is 8.00. The van der Waals surface area contributed by atoms with Crippen molar-refractivity contribution in [3.05, 3.63) is 29.8 Å². The van der Waals surface area contributed by atoms with Crippen LogP contribution in [-0.4, -0.2) is 40.0 Å². The van der Waals surface area contributed by atoms with E-state index in [9.17, 15) is 9.59 Å². The summed E-state index contributed by atoms with van der Waals surface area (Å²) in [5.74, 6) is 1.58. The molecule has 3 unspecified atom stereocenters. The fraction of sp³-hybridized carbons (Fsp3) is 0.529. The number of nitrogens with one attached hydrogen (secondary N) is 1. The first-order valence-corrected chi connectivity index (χ1v) is 9.05. The average molecular weight is 332 g/mol. The average Bonchev–Trinajstić information content (AvgIpc) is 3.04. The zero-order valence-corrected chi connectivity index (χ0v) is 13.9. The number of thioether (sulfide) groups is 1. The first-order chi connectivity index (χ1) is 11.1. The lowest BCUT2D eigenvalue weighted by atomic mass is 10.00. The number of carbonyl (C=O) groups excluding carboxylic acids is 2. The van der Waals surface area contributed by atoms with Gasteiger partial charge in [-0.2, -0.15) is 0 Å². The molecule has 3 heterocycles. The molecule has 1 aromatic rings. The molecule has 3 aliphatic heterocycles. The number of carbonyl (C=O) groups is 2. The zero-order chi connectivity index (χ0) is 16.0. The molecule has 122 valence electrons. The smallest absolute Gasteiger partial charge is 0.244 e. The molecular formula is C17H20N2O3S. The van der Waals surface area contributed by atoms with Crippen LogP contribution in [-0.2, 0) is 9.59 Å². The van der Waals surface area contributed by atoms with Gasteiger partial charge in [0.2, 0.25) is 11.8 Å². The van der Waals surface area contributed by atoms with Gasteiger partial charge in [0.1, 0.15) is 11.8 Å². The van der Waals surface area contributed by atoms with E-state index >= 15 is 0 Å². The van der Waals surface area contributed by atoms with Gasteiger partial charge in [-0.3, -0.25) is 9.59 Å². The molecular weight excluding hydrogens is 312 g/mol. The van der Waals surface area contributed by atoms with Gasteiger partial charge < -0.3 is 15.0 Å². The topological polar surface area (TPSA) is 58.6 Å². The number of hydrogen-bond donors (Lipinski definition) is 1. The van der Waals surface area contributed by atoms with E-state index < -0.39 is 0 Å². The highest BCUT2D eigenvalue weighted by Crippen LogP contribution is 2.47. The summed E-state index contributed by atoms with van der Waals surface area (Å²) >= 11 is 1.72. The molecule has 3 aliphatic rings. The van der Waals surface area contributed by atoms with E-state index in [2.05, 4.69) is 12.2 Å². The van der Waals surface area contributed by atoms with E-state index in [1.165, 1.54) is 0 Å². The fourth-order valence-corrected chi connectivity index (χ4v) is 5.21. The molecule has 1 aromatic carbocycles. The maximum Gasteiger partial charge on any atom is 0.244 e. The van der Waals surface area contributed by atoms with E-state index in [1.807, 2.05) is 24.3 Å². The predicted molar refractivity (Wildman–Crippen MR) is 88.2 cm³/mol. The van der Waals surface area contributed by atoms with Crippen molar-refractivity contribution in [3.63, 3.8) is 0 Å². The molecule has 5 nitrogen and oxygen atoms in total. The molecule has 1 N–H and O–H groups in total. The van der Waals surface area contributed by atoms with Crippen LogP contribution in [0, 0.1) is 0 Å². The number of benzene rings is 1. The monoisotopic (exact) mass is 332 g/mol. The Kier molecular flexibility index (Phi) is 3.52. The van der Waals surface area contributed by atoms with Crippen molar-refractivity contribution < 1.29 is 14.3 Å². The molecule has 2 saturated heterocycles. The maximum absolute atomic E-state index is 12.8. The van der Waals surface area contributed by atoms with Crippen molar-refractivity contribution in [3.8, 4) is 5.75 Å². The van der Waals surface area contributed by atoms with Gasteiger partial charge in [0.05, 0.1) is 17.5 Å². The molecule has 0 aliphatic carbocycles. The second kappa shape index (κ2) is 5.44. The van der Waals surface area contributed by atoms with Crippen LogP contribution in [0.15, 0.2) is 24.3 Å². The van der Waals surface area contributed by atoms with Crippen LogP contribution in [0.3, 0.4) is 0 Å². The van der Waals surface area contributed by atoms with Crippen LogP contribution in [0.2, 0.25) is 0 Å². The van der Waals surface area contributed by atoms with Gasteiger partial charge in [-0.05, 0) is 19.4 Å². The second-order valence-electron chi connectivity index (χ2n) is 6.50. The molecule has 4 rings (SSSR count). The Hall–Kier alpha value is -1.69. The number of hydrogen-bond acceptors (Lipinski definition) is 4. The lowest BCUT2D eigenvalue weighted by molar-refractivity contribution is -0.138. The molecule has 0 radical (unpaired) electrons. The van der Waals surface area contributed by atoms with Crippen molar-refractivity contribution in [2.75, 3.05) is 12.4 Å². The summed E-state index contributed by atoms with van der Waals surface area (Å²) < 4.78 is 5.64. The summed E-state index contributed by atoms with van der Waals surface area (Å²) in [5.41, 5.74) is 1.02. The number of para-hydroxylation sites is 1. The first-order valence-electron chi connectivity index (χ1n) is 8.07. The fourth-order valence-electron chi connectivity index (χ4n) is 3.77. The molecule has 2 amide bonds. The van der Waals surface area contributed by atoms with Crippen molar-refractivity contribution in [1.29, 1.82) is 0 Å². The molecule has 6 heteroatoms. The lowest BCUT2D eigenvalue weighted by Crippen LogP contribution is -2.51. The van der Waals surface area contributed by atoms with Crippen molar-refractivity contribution in [1.82, 2.24) is 10.2 Å². The van der Waals surface area contributed by atoms with Crippen molar-refractivity contribution >= 4 is 23.6 Å². The molecule has 0 spiro atoms. The van der Waals surface area contributed by atoms with Gasteiger partial charge in [0.15, 0.2) is 0 Å². The normalized spacial score (nSPS) is 32.2. The summed E-state index contributed by atoms with van der Waals surface area (Å²) in [6.45, 7) is 2.67. The quantitative estimate of drug-likeness (QED) is 0.901. The summed E-state index contributed by atoms with van der Waals surface area (Å²) in [6.07, 6.45) is 2.14.